The van der Waals surface area contributed by atoms with Crippen LogP contribution in [0.4, 0.5) is 0 Å². The van der Waals surface area contributed by atoms with Crippen LogP contribution in [0.2, 0.25) is 0 Å². The van der Waals surface area contributed by atoms with Crippen LogP contribution in [0.3, 0.4) is 0 Å². The molecular weight excluding hydrogens is 238 g/mol. The molecule has 0 aliphatic carbocycles. The monoisotopic (exact) mass is 255 g/mol. The molecule has 1 rings (SSSR count). The van der Waals surface area contributed by atoms with Gasteiger partial charge in [-0.25, -0.2) is 0 Å². The Balaban J connectivity index is 2.20. The summed E-state index contributed by atoms with van der Waals surface area (Å²) in [6, 6.07) is 3.82. The van der Waals surface area contributed by atoms with E-state index in [1.807, 2.05) is 36.5 Å². The molecule has 0 saturated carbocycles. The summed E-state index contributed by atoms with van der Waals surface area (Å²) in [5.41, 5.74) is 0. The molecule has 2 amide bonds. The molecule has 17 heavy (non-hydrogen) atoms. The Morgan fingerprint density at radius 3 is 2.59 bits per heavy atom. The largest absolute Gasteiger partial charge is 0.347 e. The number of carbonyl (C=O) groups excluding carboxylic acids is 2. The van der Waals surface area contributed by atoms with Gasteiger partial charge in [-0.05, 0) is 25.5 Å². The third kappa shape index (κ3) is 5.46. The maximum atomic E-state index is 11.4. The van der Waals surface area contributed by atoms with Crippen LogP contribution in [-0.2, 0) is 16.1 Å². The van der Waals surface area contributed by atoms with E-state index in [0.717, 1.165) is 4.88 Å². The summed E-state index contributed by atoms with van der Waals surface area (Å²) in [6.07, 6.45) is 0. The number of likely N-dealkylation sites (N-methyl/N-ethyl adjacent to an activating group) is 1. The SMILES string of the molecule is CN(C)CCNC(=O)C(=O)NCc1cccs1. The first kappa shape index (κ1) is 13.7. The predicted octanol–water partition coefficient (Wildman–Crippen LogP) is 0.0421. The van der Waals surface area contributed by atoms with Gasteiger partial charge in [-0.1, -0.05) is 6.07 Å². The molecule has 0 bridgehead atoms. The second-order valence-electron chi connectivity index (χ2n) is 3.82. The van der Waals surface area contributed by atoms with Crippen LogP contribution in [0.5, 0.6) is 0 Å². The predicted molar refractivity (Wildman–Crippen MR) is 67.7 cm³/mol. The zero-order valence-corrected chi connectivity index (χ0v) is 10.8. The van der Waals surface area contributed by atoms with Crippen molar-refractivity contribution in [3.63, 3.8) is 0 Å². The lowest BCUT2D eigenvalue weighted by molar-refractivity contribution is -0.139. The van der Waals surface area contributed by atoms with Gasteiger partial charge in [-0.15, -0.1) is 11.3 Å². The van der Waals surface area contributed by atoms with Gasteiger partial charge in [0.2, 0.25) is 0 Å². The highest BCUT2D eigenvalue weighted by atomic mass is 32.1. The van der Waals surface area contributed by atoms with E-state index < -0.39 is 11.8 Å². The first-order valence-electron chi connectivity index (χ1n) is 5.32. The van der Waals surface area contributed by atoms with Crippen LogP contribution in [-0.4, -0.2) is 43.9 Å². The molecule has 6 heteroatoms. The van der Waals surface area contributed by atoms with Crippen LogP contribution in [0.1, 0.15) is 4.88 Å². The fraction of sp³-hybridized carbons (Fsp3) is 0.455. The first-order valence-corrected chi connectivity index (χ1v) is 6.20. The molecule has 0 saturated heterocycles. The van der Waals surface area contributed by atoms with Gasteiger partial charge in [0.25, 0.3) is 0 Å². The van der Waals surface area contributed by atoms with Crippen molar-refractivity contribution in [1.82, 2.24) is 15.5 Å². The van der Waals surface area contributed by atoms with Crippen LogP contribution in [0.15, 0.2) is 17.5 Å². The van der Waals surface area contributed by atoms with E-state index >= 15 is 0 Å². The van der Waals surface area contributed by atoms with Gasteiger partial charge in [-0.2, -0.15) is 0 Å². The smallest absolute Gasteiger partial charge is 0.309 e. The second kappa shape index (κ2) is 7.03. The molecular formula is C11H17N3O2S. The lowest BCUT2D eigenvalue weighted by Gasteiger charge is -2.10. The van der Waals surface area contributed by atoms with Gasteiger partial charge in [0.05, 0.1) is 6.54 Å². The lowest BCUT2D eigenvalue weighted by Crippen LogP contribution is -2.41. The van der Waals surface area contributed by atoms with Crippen molar-refractivity contribution in [3.05, 3.63) is 22.4 Å². The third-order valence-electron chi connectivity index (χ3n) is 2.05. The zero-order valence-electron chi connectivity index (χ0n) is 10.0. The molecule has 1 heterocycles. The summed E-state index contributed by atoms with van der Waals surface area (Å²) in [5, 5.41) is 7.05. The standard InChI is InChI=1S/C11H17N3O2S/c1-14(2)6-5-12-10(15)11(16)13-8-9-4-3-7-17-9/h3-4,7H,5-6,8H2,1-2H3,(H,12,15)(H,13,16). The minimum absolute atomic E-state index is 0.400. The molecule has 5 nitrogen and oxygen atoms in total. The fourth-order valence-corrected chi connectivity index (χ4v) is 1.78. The van der Waals surface area contributed by atoms with E-state index in [-0.39, 0.29) is 0 Å². The summed E-state index contributed by atoms with van der Waals surface area (Å²) >= 11 is 1.55. The van der Waals surface area contributed by atoms with E-state index in [1.165, 1.54) is 0 Å². The molecule has 0 unspecified atom stereocenters. The molecule has 1 aromatic heterocycles. The minimum Gasteiger partial charge on any atom is -0.347 e. The number of hydrogen-bond acceptors (Lipinski definition) is 4. The van der Waals surface area contributed by atoms with Crippen LogP contribution < -0.4 is 10.6 Å². The van der Waals surface area contributed by atoms with Gasteiger partial charge < -0.3 is 15.5 Å². The summed E-state index contributed by atoms with van der Waals surface area (Å²) in [5.74, 6) is -1.17. The Labute approximate surface area is 105 Å². The van der Waals surface area contributed by atoms with Crippen molar-refractivity contribution in [3.8, 4) is 0 Å². The fourth-order valence-electron chi connectivity index (χ4n) is 1.13. The number of rotatable bonds is 5. The molecule has 0 aliphatic heterocycles. The molecule has 94 valence electrons. The quantitative estimate of drug-likeness (QED) is 0.730. The average Bonchev–Trinajstić information content (AvgIpc) is 2.78. The maximum absolute atomic E-state index is 11.4. The van der Waals surface area contributed by atoms with Crippen molar-refractivity contribution in [2.75, 3.05) is 27.2 Å². The van der Waals surface area contributed by atoms with Crippen LogP contribution in [0, 0.1) is 0 Å². The minimum atomic E-state index is -0.586. The van der Waals surface area contributed by atoms with Gasteiger partial charge in [0.1, 0.15) is 0 Å². The zero-order chi connectivity index (χ0) is 12.7. The molecule has 1 aromatic rings. The van der Waals surface area contributed by atoms with E-state index in [1.54, 1.807) is 11.3 Å². The number of hydrogen-bond donors (Lipinski definition) is 2. The van der Waals surface area contributed by atoms with Crippen molar-refractivity contribution in [2.24, 2.45) is 0 Å². The molecule has 0 radical (unpaired) electrons. The highest BCUT2D eigenvalue weighted by Gasteiger charge is 2.12. The number of thiophene rings is 1. The topological polar surface area (TPSA) is 61.4 Å². The molecule has 0 fully saturated rings. The highest BCUT2D eigenvalue weighted by Crippen LogP contribution is 2.06. The Morgan fingerprint density at radius 1 is 1.29 bits per heavy atom. The van der Waals surface area contributed by atoms with Crippen molar-refractivity contribution in [2.45, 2.75) is 6.54 Å². The van der Waals surface area contributed by atoms with Gasteiger partial charge in [-0.3, -0.25) is 9.59 Å². The van der Waals surface area contributed by atoms with E-state index in [4.69, 9.17) is 0 Å². The van der Waals surface area contributed by atoms with Crippen molar-refractivity contribution in [1.29, 1.82) is 0 Å². The summed E-state index contributed by atoms with van der Waals surface area (Å²) < 4.78 is 0. The van der Waals surface area contributed by atoms with Gasteiger partial charge >= 0.3 is 11.8 Å². The van der Waals surface area contributed by atoms with E-state index in [0.29, 0.717) is 19.6 Å². The Kier molecular flexibility index (Phi) is 5.65. The Bertz CT molecular complexity index is 363. The highest BCUT2D eigenvalue weighted by molar-refractivity contribution is 7.09. The summed E-state index contributed by atoms with van der Waals surface area (Å²) in [7, 11) is 3.81. The molecule has 0 aliphatic rings. The molecule has 0 spiro atoms. The Hall–Kier alpha value is -1.40. The first-order chi connectivity index (χ1) is 8.09. The number of nitrogens with one attached hydrogen (secondary N) is 2. The van der Waals surface area contributed by atoms with Crippen molar-refractivity contribution >= 4 is 23.2 Å². The van der Waals surface area contributed by atoms with Crippen molar-refractivity contribution < 1.29 is 9.59 Å². The third-order valence-corrected chi connectivity index (χ3v) is 2.93. The molecule has 2 N–H and O–H groups in total. The van der Waals surface area contributed by atoms with Gasteiger partial charge in [0.15, 0.2) is 0 Å². The number of amides is 2. The van der Waals surface area contributed by atoms with Crippen LogP contribution >= 0.6 is 11.3 Å². The van der Waals surface area contributed by atoms with E-state index in [9.17, 15) is 9.59 Å². The molecule has 0 aromatic carbocycles. The summed E-state index contributed by atoms with van der Waals surface area (Å²) in [6.45, 7) is 1.58. The van der Waals surface area contributed by atoms with E-state index in [2.05, 4.69) is 10.6 Å². The number of nitrogens with zero attached hydrogens (tertiary/aromatic N) is 1. The summed E-state index contributed by atoms with van der Waals surface area (Å²) in [4.78, 5) is 25.7. The van der Waals surface area contributed by atoms with Gasteiger partial charge in [0, 0.05) is 18.0 Å². The van der Waals surface area contributed by atoms with Crippen LogP contribution in [0.25, 0.3) is 0 Å². The lowest BCUT2D eigenvalue weighted by atomic mass is 10.4. The second-order valence-corrected chi connectivity index (χ2v) is 4.85. The Morgan fingerprint density at radius 2 is 2.00 bits per heavy atom. The molecule has 0 atom stereocenters. The maximum Gasteiger partial charge on any atom is 0.309 e. The average molecular weight is 255 g/mol. The number of carbonyl (C=O) groups is 2. The normalized spacial score (nSPS) is 10.3.